The molecule has 106 valence electrons. The maximum Gasteiger partial charge on any atom is -0.0348 e. The molecule has 0 N–H and O–H groups in total. The van der Waals surface area contributed by atoms with Crippen LogP contribution in [-0.2, 0) is 0 Å². The summed E-state index contributed by atoms with van der Waals surface area (Å²) in [7, 11) is 0. The molecule has 0 aromatic heterocycles. The van der Waals surface area contributed by atoms with Gasteiger partial charge in [0.05, 0.1) is 0 Å². The van der Waals surface area contributed by atoms with E-state index in [-0.39, 0.29) is 0 Å². The largest absolute Gasteiger partial charge is 0.0845 e. The van der Waals surface area contributed by atoms with Crippen LogP contribution < -0.4 is 0 Å². The van der Waals surface area contributed by atoms with Gasteiger partial charge in [-0.1, -0.05) is 89.5 Å². The van der Waals surface area contributed by atoms with Crippen molar-refractivity contribution in [1.29, 1.82) is 0 Å². The van der Waals surface area contributed by atoms with Crippen LogP contribution >= 0.6 is 0 Å². The lowest BCUT2D eigenvalue weighted by atomic mass is 10.1. The Hall–Kier alpha value is -0.520. The minimum Gasteiger partial charge on any atom is -0.0845 e. The summed E-state index contributed by atoms with van der Waals surface area (Å²) in [6.07, 6.45) is 25.5. The first kappa shape index (κ1) is 17.5. The Bertz CT molecular complexity index is 166. The van der Waals surface area contributed by atoms with Crippen molar-refractivity contribution >= 4 is 0 Å². The molecular formula is C18H34. The maximum absolute atomic E-state index is 2.32. The Morgan fingerprint density at radius 2 is 0.889 bits per heavy atom. The second-order valence-electron chi connectivity index (χ2n) is 5.26. The molecule has 0 aliphatic carbocycles. The van der Waals surface area contributed by atoms with Gasteiger partial charge in [0.1, 0.15) is 0 Å². The van der Waals surface area contributed by atoms with Crippen molar-refractivity contribution in [3.8, 4) is 0 Å². The molecule has 0 unspecified atom stereocenters. The van der Waals surface area contributed by atoms with Gasteiger partial charge in [0, 0.05) is 0 Å². The molecule has 0 aromatic rings. The minimum atomic E-state index is 1.25. The van der Waals surface area contributed by atoms with Crippen LogP contribution in [0.5, 0.6) is 0 Å². The summed E-state index contributed by atoms with van der Waals surface area (Å²) in [6, 6.07) is 0. The monoisotopic (exact) mass is 250 g/mol. The van der Waals surface area contributed by atoms with E-state index in [4.69, 9.17) is 0 Å². The fraction of sp³-hybridized carbons (Fsp3) is 0.778. The van der Waals surface area contributed by atoms with Crippen molar-refractivity contribution in [3.63, 3.8) is 0 Å². The second kappa shape index (κ2) is 16.5. The Morgan fingerprint density at radius 3 is 1.28 bits per heavy atom. The molecule has 0 spiro atoms. The van der Waals surface area contributed by atoms with E-state index in [9.17, 15) is 0 Å². The average molecular weight is 250 g/mol. The van der Waals surface area contributed by atoms with E-state index in [0.717, 1.165) is 0 Å². The van der Waals surface area contributed by atoms with Crippen LogP contribution in [-0.4, -0.2) is 0 Å². The third-order valence-corrected chi connectivity index (χ3v) is 3.33. The molecule has 0 heterocycles. The van der Waals surface area contributed by atoms with Crippen molar-refractivity contribution in [2.45, 2.75) is 90.9 Å². The summed E-state index contributed by atoms with van der Waals surface area (Å²) in [6.45, 7) is 4.54. The second-order valence-corrected chi connectivity index (χ2v) is 5.26. The third-order valence-electron chi connectivity index (χ3n) is 3.33. The summed E-state index contributed by atoms with van der Waals surface area (Å²) < 4.78 is 0. The summed E-state index contributed by atoms with van der Waals surface area (Å²) in [4.78, 5) is 0. The molecule has 0 atom stereocenters. The summed E-state index contributed by atoms with van der Waals surface area (Å²) in [5.74, 6) is 0. The zero-order valence-corrected chi connectivity index (χ0v) is 12.8. The lowest BCUT2D eigenvalue weighted by Gasteiger charge is -1.96. The molecule has 0 nitrogen and oxygen atoms in total. The van der Waals surface area contributed by atoms with Gasteiger partial charge in [-0.2, -0.15) is 0 Å². The number of allylic oxidation sites excluding steroid dienone is 4. The van der Waals surface area contributed by atoms with Gasteiger partial charge in [0.15, 0.2) is 0 Å². The van der Waals surface area contributed by atoms with Gasteiger partial charge in [0.25, 0.3) is 0 Å². The third kappa shape index (κ3) is 15.5. The van der Waals surface area contributed by atoms with Crippen LogP contribution in [0.3, 0.4) is 0 Å². The van der Waals surface area contributed by atoms with E-state index in [1.807, 2.05) is 0 Å². The van der Waals surface area contributed by atoms with E-state index >= 15 is 0 Å². The molecule has 0 rings (SSSR count). The van der Waals surface area contributed by atoms with Crippen molar-refractivity contribution < 1.29 is 0 Å². The maximum atomic E-state index is 2.32. The molecule has 18 heavy (non-hydrogen) atoms. The van der Waals surface area contributed by atoms with Gasteiger partial charge in [-0.3, -0.25) is 0 Å². The molecule has 0 heteroatoms. The van der Waals surface area contributed by atoms with Crippen LogP contribution in [0.2, 0.25) is 0 Å². The molecule has 0 saturated heterocycles. The summed E-state index contributed by atoms with van der Waals surface area (Å²) in [5, 5.41) is 0. The van der Waals surface area contributed by atoms with E-state index in [2.05, 4.69) is 38.2 Å². The predicted octanol–water partition coefficient (Wildman–Crippen LogP) is 6.82. The standard InChI is InChI=1S/C18H34/c1-3-5-7-9-11-13-15-17-18-16-14-12-10-8-6-4-2/h15-18H,3-14H2,1-2H3/b17-15+,18-16+. The lowest BCUT2D eigenvalue weighted by Crippen LogP contribution is -1.76. The topological polar surface area (TPSA) is 0 Å². The van der Waals surface area contributed by atoms with Crippen molar-refractivity contribution in [2.24, 2.45) is 0 Å². The van der Waals surface area contributed by atoms with E-state index in [1.54, 1.807) is 0 Å². The molecule has 0 aliphatic heterocycles. The van der Waals surface area contributed by atoms with Gasteiger partial charge < -0.3 is 0 Å². The molecular weight excluding hydrogens is 216 g/mol. The molecule has 0 aliphatic rings. The number of hydrogen-bond acceptors (Lipinski definition) is 0. The van der Waals surface area contributed by atoms with Gasteiger partial charge in [-0.15, -0.1) is 0 Å². The summed E-state index contributed by atoms with van der Waals surface area (Å²) >= 11 is 0. The molecule has 0 fully saturated rings. The predicted molar refractivity (Wildman–Crippen MR) is 85.0 cm³/mol. The molecule has 0 radical (unpaired) electrons. The van der Waals surface area contributed by atoms with Crippen LogP contribution in [0, 0.1) is 0 Å². The molecule has 0 saturated carbocycles. The highest BCUT2D eigenvalue weighted by atomic mass is 13.9. The van der Waals surface area contributed by atoms with Crippen molar-refractivity contribution in [3.05, 3.63) is 24.3 Å². The number of unbranched alkanes of at least 4 members (excludes halogenated alkanes) is 10. The normalized spacial score (nSPS) is 11.9. The highest BCUT2D eigenvalue weighted by molar-refractivity contribution is 5.02. The fourth-order valence-electron chi connectivity index (χ4n) is 2.08. The number of rotatable bonds is 13. The van der Waals surface area contributed by atoms with Gasteiger partial charge >= 0.3 is 0 Å². The van der Waals surface area contributed by atoms with Gasteiger partial charge in [-0.05, 0) is 25.7 Å². The van der Waals surface area contributed by atoms with Crippen LogP contribution in [0.1, 0.15) is 90.9 Å². The highest BCUT2D eigenvalue weighted by Gasteiger charge is 1.86. The average Bonchev–Trinajstić information content (AvgIpc) is 2.39. The SMILES string of the molecule is CCCCCCC/C=C/C=C/CCCCCCC. The minimum absolute atomic E-state index is 1.25. The first-order valence-corrected chi connectivity index (χ1v) is 8.23. The first-order valence-electron chi connectivity index (χ1n) is 8.23. The highest BCUT2D eigenvalue weighted by Crippen LogP contribution is 2.06. The Balaban J connectivity index is 3.15. The Morgan fingerprint density at radius 1 is 0.500 bits per heavy atom. The van der Waals surface area contributed by atoms with Crippen LogP contribution in [0.25, 0.3) is 0 Å². The van der Waals surface area contributed by atoms with E-state index in [0.29, 0.717) is 0 Å². The van der Waals surface area contributed by atoms with Crippen molar-refractivity contribution in [1.82, 2.24) is 0 Å². The fourth-order valence-corrected chi connectivity index (χ4v) is 2.08. The van der Waals surface area contributed by atoms with Crippen LogP contribution in [0.4, 0.5) is 0 Å². The van der Waals surface area contributed by atoms with Gasteiger partial charge in [-0.25, -0.2) is 0 Å². The Labute approximate surface area is 116 Å². The smallest absolute Gasteiger partial charge is 0.0348 e. The zero-order chi connectivity index (χ0) is 13.3. The molecule has 0 bridgehead atoms. The lowest BCUT2D eigenvalue weighted by molar-refractivity contribution is 0.637. The molecule has 0 amide bonds. The van der Waals surface area contributed by atoms with Crippen LogP contribution in [0.15, 0.2) is 24.3 Å². The van der Waals surface area contributed by atoms with E-state index in [1.165, 1.54) is 77.0 Å². The zero-order valence-electron chi connectivity index (χ0n) is 12.8. The number of hydrogen-bond donors (Lipinski definition) is 0. The van der Waals surface area contributed by atoms with Crippen molar-refractivity contribution in [2.75, 3.05) is 0 Å². The first-order chi connectivity index (χ1) is 8.91. The molecule has 0 aromatic carbocycles. The van der Waals surface area contributed by atoms with E-state index < -0.39 is 0 Å². The quantitative estimate of drug-likeness (QED) is 0.248. The summed E-state index contributed by atoms with van der Waals surface area (Å²) in [5.41, 5.74) is 0. The Kier molecular flexibility index (Phi) is 16.0. The van der Waals surface area contributed by atoms with Gasteiger partial charge in [0.2, 0.25) is 0 Å².